The summed E-state index contributed by atoms with van der Waals surface area (Å²) in [5, 5.41) is 5.04. The second kappa shape index (κ2) is 14.2. The van der Waals surface area contributed by atoms with Crippen LogP contribution >= 0.6 is 0 Å². The molecule has 0 unspecified atom stereocenters. The number of para-hydroxylation sites is 1. The average Bonchev–Trinajstić information content (AvgIpc) is 3.64. The predicted octanol–water partition coefficient (Wildman–Crippen LogP) is 15.6. The number of anilines is 3. The van der Waals surface area contributed by atoms with Gasteiger partial charge in [0.25, 0.3) is 0 Å². The van der Waals surface area contributed by atoms with Crippen molar-refractivity contribution in [1.82, 2.24) is 0 Å². The maximum absolute atomic E-state index is 2.40. The average molecular weight is 738 g/mol. The van der Waals surface area contributed by atoms with Crippen molar-refractivity contribution in [3.05, 3.63) is 247 Å². The second-order valence-corrected chi connectivity index (χ2v) is 15.2. The Balaban J connectivity index is 1.00. The Labute approximate surface area is 339 Å². The summed E-state index contributed by atoms with van der Waals surface area (Å²) in [6.45, 7) is 0. The summed E-state index contributed by atoms with van der Waals surface area (Å²) in [5.41, 5.74) is 17.5. The molecule has 1 aliphatic rings. The first-order valence-electron chi connectivity index (χ1n) is 20.1. The third-order valence-electron chi connectivity index (χ3n) is 11.9. The fourth-order valence-electron chi connectivity index (χ4n) is 9.35. The van der Waals surface area contributed by atoms with Gasteiger partial charge in [-0.25, -0.2) is 0 Å². The van der Waals surface area contributed by atoms with Crippen LogP contribution in [0.4, 0.5) is 17.1 Å². The van der Waals surface area contributed by atoms with E-state index < -0.39 is 0 Å². The molecule has 0 atom stereocenters. The minimum atomic E-state index is 0.219. The molecule has 0 radical (unpaired) electrons. The van der Waals surface area contributed by atoms with Gasteiger partial charge in [-0.15, -0.1) is 0 Å². The summed E-state index contributed by atoms with van der Waals surface area (Å²) in [7, 11) is 0. The van der Waals surface area contributed by atoms with E-state index in [4.69, 9.17) is 0 Å². The van der Waals surface area contributed by atoms with Crippen molar-refractivity contribution in [2.45, 2.75) is 5.92 Å². The molecule has 0 saturated heterocycles. The molecule has 0 aromatic heterocycles. The van der Waals surface area contributed by atoms with Crippen LogP contribution in [0.25, 0.3) is 66.1 Å². The molecule has 0 fully saturated rings. The molecule has 0 N–H and O–H groups in total. The van der Waals surface area contributed by atoms with Crippen LogP contribution in [0.15, 0.2) is 231 Å². The Morgan fingerprint density at radius 3 is 1.26 bits per heavy atom. The normalized spacial score (nSPS) is 12.1. The number of hydrogen-bond acceptors (Lipinski definition) is 1. The van der Waals surface area contributed by atoms with Gasteiger partial charge in [0, 0.05) is 23.0 Å². The molecule has 1 aliphatic carbocycles. The first-order valence-corrected chi connectivity index (χ1v) is 20.1. The molecular weight excluding hydrogens is 699 g/mol. The van der Waals surface area contributed by atoms with Crippen LogP contribution in [0.5, 0.6) is 0 Å². The lowest BCUT2D eigenvalue weighted by Gasteiger charge is -2.26. The Bertz CT molecular complexity index is 3030. The molecule has 1 nitrogen and oxygen atoms in total. The van der Waals surface area contributed by atoms with E-state index in [2.05, 4.69) is 235 Å². The van der Waals surface area contributed by atoms with Crippen molar-refractivity contribution in [1.29, 1.82) is 0 Å². The smallest absolute Gasteiger partial charge is 0.0462 e. The van der Waals surface area contributed by atoms with E-state index in [-0.39, 0.29) is 5.92 Å². The molecule has 10 aromatic carbocycles. The molecule has 0 aliphatic heterocycles. The van der Waals surface area contributed by atoms with Crippen LogP contribution in [-0.2, 0) is 0 Å². The van der Waals surface area contributed by atoms with Crippen LogP contribution in [0.3, 0.4) is 0 Å². The van der Waals surface area contributed by atoms with E-state index in [0.717, 1.165) is 17.1 Å². The van der Waals surface area contributed by atoms with Gasteiger partial charge in [0.05, 0.1) is 0 Å². The Hall–Kier alpha value is -7.48. The molecule has 0 heterocycles. The van der Waals surface area contributed by atoms with E-state index >= 15 is 0 Å². The van der Waals surface area contributed by atoms with E-state index in [1.54, 1.807) is 0 Å². The quantitative estimate of drug-likeness (QED) is 0.147. The fraction of sp³-hybridized carbons (Fsp3) is 0.0175. The van der Waals surface area contributed by atoms with Crippen molar-refractivity contribution >= 4 is 38.6 Å². The summed E-state index contributed by atoms with van der Waals surface area (Å²) in [6, 6.07) is 84.2. The van der Waals surface area contributed by atoms with Crippen molar-refractivity contribution in [3.8, 4) is 44.5 Å². The zero-order valence-electron chi connectivity index (χ0n) is 32.0. The fourth-order valence-corrected chi connectivity index (χ4v) is 9.35. The van der Waals surface area contributed by atoms with Gasteiger partial charge in [0.15, 0.2) is 0 Å². The van der Waals surface area contributed by atoms with Crippen molar-refractivity contribution < 1.29 is 0 Å². The Morgan fingerprint density at radius 2 is 0.690 bits per heavy atom. The van der Waals surface area contributed by atoms with Gasteiger partial charge in [-0.3, -0.25) is 0 Å². The zero-order chi connectivity index (χ0) is 38.4. The molecule has 11 rings (SSSR count). The molecule has 1 heteroatoms. The lowest BCUT2D eigenvalue weighted by atomic mass is 9.85. The van der Waals surface area contributed by atoms with Crippen LogP contribution < -0.4 is 4.90 Å². The van der Waals surface area contributed by atoms with E-state index in [0.29, 0.717) is 0 Å². The maximum atomic E-state index is 2.40. The Morgan fingerprint density at radius 1 is 0.276 bits per heavy atom. The summed E-state index contributed by atoms with van der Waals surface area (Å²) in [4.78, 5) is 2.36. The summed E-state index contributed by atoms with van der Waals surface area (Å²) in [6.07, 6.45) is 0. The van der Waals surface area contributed by atoms with Gasteiger partial charge in [0.1, 0.15) is 0 Å². The SMILES string of the molecule is c1ccc(-c2c3ccccc3c(-c3ccccc3)c3cc(-c4ccc(N(c5ccccc5)c5ccc(C6c7ccccc7-c7ccccc76)cc5)cc4)ccc23)cc1. The highest BCUT2D eigenvalue weighted by atomic mass is 15.1. The molecular formula is C57H39N. The minimum absolute atomic E-state index is 0.219. The monoisotopic (exact) mass is 737 g/mol. The van der Waals surface area contributed by atoms with Crippen LogP contribution in [0.1, 0.15) is 22.6 Å². The highest BCUT2D eigenvalue weighted by Crippen LogP contribution is 2.49. The van der Waals surface area contributed by atoms with Crippen LogP contribution in [0, 0.1) is 0 Å². The lowest BCUT2D eigenvalue weighted by Crippen LogP contribution is -2.10. The molecule has 0 saturated carbocycles. The largest absolute Gasteiger partial charge is 0.311 e. The number of nitrogens with zero attached hydrogens (tertiary/aromatic N) is 1. The van der Waals surface area contributed by atoms with Crippen LogP contribution in [-0.4, -0.2) is 0 Å². The number of rotatable bonds is 7. The summed E-state index contributed by atoms with van der Waals surface area (Å²) < 4.78 is 0. The lowest BCUT2D eigenvalue weighted by molar-refractivity contribution is 1.01. The van der Waals surface area contributed by atoms with E-state index in [1.165, 1.54) is 82.7 Å². The first-order chi connectivity index (χ1) is 28.8. The van der Waals surface area contributed by atoms with E-state index in [9.17, 15) is 0 Å². The Kier molecular flexibility index (Phi) is 8.30. The molecule has 0 amide bonds. The van der Waals surface area contributed by atoms with Gasteiger partial charge in [-0.1, -0.05) is 188 Å². The summed E-state index contributed by atoms with van der Waals surface area (Å²) in [5.74, 6) is 0.219. The number of benzene rings is 10. The maximum Gasteiger partial charge on any atom is 0.0462 e. The third kappa shape index (κ3) is 5.71. The second-order valence-electron chi connectivity index (χ2n) is 15.2. The molecule has 272 valence electrons. The summed E-state index contributed by atoms with van der Waals surface area (Å²) >= 11 is 0. The van der Waals surface area contributed by atoms with Crippen LogP contribution in [0.2, 0.25) is 0 Å². The topological polar surface area (TPSA) is 3.24 Å². The first kappa shape index (κ1) is 33.8. The van der Waals surface area contributed by atoms with Crippen molar-refractivity contribution in [2.24, 2.45) is 0 Å². The van der Waals surface area contributed by atoms with Gasteiger partial charge in [-0.05, 0) is 125 Å². The number of hydrogen-bond donors (Lipinski definition) is 0. The van der Waals surface area contributed by atoms with Gasteiger partial charge < -0.3 is 4.90 Å². The van der Waals surface area contributed by atoms with Gasteiger partial charge >= 0.3 is 0 Å². The standard InChI is InChI=1S/C57H39N/c1-4-16-40(17-5-1)55-51-26-14-15-27-52(51)57(41-18-6-2-7-19-41)54-38-43(32-37-53(54)55)39-28-33-45(34-29-39)58(44-20-8-3-9-21-44)46-35-30-42(31-36-46)56-49-24-12-10-22-47(49)48-23-11-13-25-50(48)56/h1-38,56H. The highest BCUT2D eigenvalue weighted by Gasteiger charge is 2.29. The third-order valence-corrected chi connectivity index (χ3v) is 11.9. The number of fused-ring (bicyclic) bond motifs is 5. The van der Waals surface area contributed by atoms with Crippen molar-refractivity contribution in [3.63, 3.8) is 0 Å². The molecule has 0 spiro atoms. The molecule has 58 heavy (non-hydrogen) atoms. The predicted molar refractivity (Wildman–Crippen MR) is 245 cm³/mol. The zero-order valence-corrected chi connectivity index (χ0v) is 32.0. The highest BCUT2D eigenvalue weighted by molar-refractivity contribution is 6.22. The minimum Gasteiger partial charge on any atom is -0.311 e. The van der Waals surface area contributed by atoms with E-state index in [1.807, 2.05) is 0 Å². The molecule has 10 aromatic rings. The molecule has 0 bridgehead atoms. The van der Waals surface area contributed by atoms with Gasteiger partial charge in [0.2, 0.25) is 0 Å². The van der Waals surface area contributed by atoms with Gasteiger partial charge in [-0.2, -0.15) is 0 Å². The van der Waals surface area contributed by atoms with Crippen molar-refractivity contribution in [2.75, 3.05) is 4.90 Å².